The van der Waals surface area contributed by atoms with Gasteiger partial charge in [0.05, 0.1) is 18.9 Å². The zero-order valence-electron chi connectivity index (χ0n) is 12.7. The molecule has 0 amide bonds. The average molecular weight is 286 g/mol. The molecule has 5 heteroatoms. The summed E-state index contributed by atoms with van der Waals surface area (Å²) in [5, 5.41) is 3.30. The lowest BCUT2D eigenvalue weighted by Crippen LogP contribution is -2.36. The lowest BCUT2D eigenvalue weighted by Gasteiger charge is -2.29. The molecule has 1 fully saturated rings. The van der Waals surface area contributed by atoms with E-state index in [0.29, 0.717) is 0 Å². The van der Waals surface area contributed by atoms with Gasteiger partial charge < -0.3 is 15.0 Å². The van der Waals surface area contributed by atoms with Crippen LogP contribution in [-0.2, 0) is 4.74 Å². The Bertz CT molecular complexity index is 585. The topological polar surface area (TPSA) is 42.3 Å². The highest BCUT2D eigenvalue weighted by atomic mass is 16.5. The molecule has 1 aromatic heterocycles. The SMILES string of the molecule is CCNc1nc(C)cn1-c1ccc(N2CCOCC2)cc1. The van der Waals surface area contributed by atoms with Crippen molar-refractivity contribution >= 4 is 11.6 Å². The minimum atomic E-state index is 0.813. The molecule has 1 N–H and O–H groups in total. The second kappa shape index (κ2) is 6.18. The van der Waals surface area contributed by atoms with Crippen LogP contribution in [0.3, 0.4) is 0 Å². The predicted molar refractivity (Wildman–Crippen MR) is 85.5 cm³/mol. The molecular weight excluding hydrogens is 264 g/mol. The van der Waals surface area contributed by atoms with Crippen LogP contribution in [0.1, 0.15) is 12.6 Å². The molecule has 0 saturated carbocycles. The first-order valence-electron chi connectivity index (χ1n) is 7.51. The van der Waals surface area contributed by atoms with Gasteiger partial charge in [0, 0.05) is 37.2 Å². The number of hydrogen-bond donors (Lipinski definition) is 1. The standard InChI is InChI=1S/C16H22N4O/c1-3-17-16-18-13(2)12-20(16)15-6-4-14(5-7-15)19-8-10-21-11-9-19/h4-7,12H,3,8-11H2,1-2H3,(H,17,18). The Morgan fingerprint density at radius 2 is 1.81 bits per heavy atom. The summed E-state index contributed by atoms with van der Waals surface area (Å²) in [6, 6.07) is 8.64. The first-order valence-corrected chi connectivity index (χ1v) is 7.51. The van der Waals surface area contributed by atoms with Crippen LogP contribution >= 0.6 is 0 Å². The van der Waals surface area contributed by atoms with Crippen LogP contribution in [-0.4, -0.2) is 42.4 Å². The summed E-state index contributed by atoms with van der Waals surface area (Å²) in [5.41, 5.74) is 3.40. The Hall–Kier alpha value is -2.01. The number of ether oxygens (including phenoxy) is 1. The van der Waals surface area contributed by atoms with E-state index in [9.17, 15) is 0 Å². The maximum atomic E-state index is 5.40. The Morgan fingerprint density at radius 3 is 2.48 bits per heavy atom. The van der Waals surface area contributed by atoms with Crippen LogP contribution in [0.5, 0.6) is 0 Å². The molecule has 2 heterocycles. The summed E-state index contributed by atoms with van der Waals surface area (Å²) in [7, 11) is 0. The first kappa shape index (κ1) is 13.9. The van der Waals surface area contributed by atoms with Crippen LogP contribution in [0.4, 0.5) is 11.6 Å². The van der Waals surface area contributed by atoms with E-state index in [2.05, 4.69) is 57.2 Å². The zero-order chi connectivity index (χ0) is 14.7. The molecule has 0 unspecified atom stereocenters. The summed E-state index contributed by atoms with van der Waals surface area (Å²) in [4.78, 5) is 6.87. The fourth-order valence-electron chi connectivity index (χ4n) is 2.62. The molecule has 2 aromatic rings. The van der Waals surface area contributed by atoms with Gasteiger partial charge in [-0.05, 0) is 38.1 Å². The number of nitrogens with one attached hydrogen (secondary N) is 1. The maximum Gasteiger partial charge on any atom is 0.207 e. The number of aromatic nitrogens is 2. The molecule has 0 spiro atoms. The third-order valence-corrected chi connectivity index (χ3v) is 3.67. The third kappa shape index (κ3) is 3.03. The van der Waals surface area contributed by atoms with Crippen molar-refractivity contribution in [2.75, 3.05) is 43.1 Å². The van der Waals surface area contributed by atoms with Crippen molar-refractivity contribution in [3.63, 3.8) is 0 Å². The van der Waals surface area contributed by atoms with Gasteiger partial charge in [-0.2, -0.15) is 0 Å². The number of aryl methyl sites for hydroxylation is 1. The van der Waals surface area contributed by atoms with E-state index < -0.39 is 0 Å². The predicted octanol–water partition coefficient (Wildman–Crippen LogP) is 2.45. The number of imidazole rings is 1. The summed E-state index contributed by atoms with van der Waals surface area (Å²) in [5.74, 6) is 0.897. The van der Waals surface area contributed by atoms with E-state index in [4.69, 9.17) is 4.74 Å². The summed E-state index contributed by atoms with van der Waals surface area (Å²) in [6.45, 7) is 8.51. The molecule has 1 aromatic carbocycles. The van der Waals surface area contributed by atoms with E-state index >= 15 is 0 Å². The highest BCUT2D eigenvalue weighted by molar-refractivity contribution is 5.53. The summed E-state index contributed by atoms with van der Waals surface area (Å²) in [6.07, 6.45) is 2.06. The van der Waals surface area contributed by atoms with Crippen LogP contribution in [0.2, 0.25) is 0 Å². The summed E-state index contributed by atoms with van der Waals surface area (Å²) >= 11 is 0. The number of morpholine rings is 1. The molecule has 0 radical (unpaired) electrons. The van der Waals surface area contributed by atoms with E-state index in [1.165, 1.54) is 5.69 Å². The average Bonchev–Trinajstić information content (AvgIpc) is 2.89. The molecule has 1 aliphatic heterocycles. The van der Waals surface area contributed by atoms with Crippen LogP contribution in [0, 0.1) is 6.92 Å². The number of nitrogens with zero attached hydrogens (tertiary/aromatic N) is 3. The van der Waals surface area contributed by atoms with E-state index in [-0.39, 0.29) is 0 Å². The molecule has 0 atom stereocenters. The molecule has 1 saturated heterocycles. The minimum absolute atomic E-state index is 0.813. The molecular formula is C16H22N4O. The van der Waals surface area contributed by atoms with Gasteiger partial charge in [0.2, 0.25) is 5.95 Å². The van der Waals surface area contributed by atoms with Gasteiger partial charge in [-0.1, -0.05) is 0 Å². The molecule has 21 heavy (non-hydrogen) atoms. The zero-order valence-corrected chi connectivity index (χ0v) is 12.7. The third-order valence-electron chi connectivity index (χ3n) is 3.67. The van der Waals surface area contributed by atoms with Crippen molar-refractivity contribution in [1.29, 1.82) is 0 Å². The lowest BCUT2D eigenvalue weighted by atomic mass is 10.2. The molecule has 1 aliphatic rings. The van der Waals surface area contributed by atoms with Gasteiger partial charge in [-0.15, -0.1) is 0 Å². The fraction of sp³-hybridized carbons (Fsp3) is 0.438. The molecule has 0 bridgehead atoms. The first-order chi connectivity index (χ1) is 10.3. The number of anilines is 2. The van der Waals surface area contributed by atoms with Gasteiger partial charge in [0.25, 0.3) is 0 Å². The van der Waals surface area contributed by atoms with Crippen molar-refractivity contribution in [2.45, 2.75) is 13.8 Å². The van der Waals surface area contributed by atoms with Gasteiger partial charge in [-0.3, -0.25) is 4.57 Å². The summed E-state index contributed by atoms with van der Waals surface area (Å²) < 4.78 is 7.50. The Balaban J connectivity index is 1.83. The van der Waals surface area contributed by atoms with E-state index in [1.54, 1.807) is 0 Å². The van der Waals surface area contributed by atoms with Crippen molar-refractivity contribution in [2.24, 2.45) is 0 Å². The smallest absolute Gasteiger partial charge is 0.207 e. The quantitative estimate of drug-likeness (QED) is 0.937. The van der Waals surface area contributed by atoms with Crippen LogP contribution in [0.25, 0.3) is 5.69 Å². The van der Waals surface area contributed by atoms with Crippen molar-refractivity contribution in [3.8, 4) is 5.69 Å². The van der Waals surface area contributed by atoms with Crippen molar-refractivity contribution < 1.29 is 4.74 Å². The minimum Gasteiger partial charge on any atom is -0.378 e. The van der Waals surface area contributed by atoms with Crippen LogP contribution in [0.15, 0.2) is 30.5 Å². The molecule has 112 valence electrons. The number of benzene rings is 1. The molecule has 3 rings (SSSR count). The number of rotatable bonds is 4. The monoisotopic (exact) mass is 286 g/mol. The number of hydrogen-bond acceptors (Lipinski definition) is 4. The normalized spacial score (nSPS) is 15.2. The van der Waals surface area contributed by atoms with Gasteiger partial charge >= 0.3 is 0 Å². The Morgan fingerprint density at radius 1 is 1.14 bits per heavy atom. The highest BCUT2D eigenvalue weighted by Gasteiger charge is 2.12. The van der Waals surface area contributed by atoms with Crippen molar-refractivity contribution in [1.82, 2.24) is 9.55 Å². The van der Waals surface area contributed by atoms with Gasteiger partial charge in [0.15, 0.2) is 0 Å². The van der Waals surface area contributed by atoms with Crippen LogP contribution < -0.4 is 10.2 Å². The van der Waals surface area contributed by atoms with Gasteiger partial charge in [0.1, 0.15) is 0 Å². The van der Waals surface area contributed by atoms with E-state index in [1.807, 2.05) is 6.92 Å². The largest absolute Gasteiger partial charge is 0.378 e. The van der Waals surface area contributed by atoms with E-state index in [0.717, 1.165) is 50.2 Å². The maximum absolute atomic E-state index is 5.40. The molecule has 0 aliphatic carbocycles. The second-order valence-corrected chi connectivity index (χ2v) is 5.22. The van der Waals surface area contributed by atoms with Gasteiger partial charge in [-0.25, -0.2) is 4.98 Å². The fourth-order valence-corrected chi connectivity index (χ4v) is 2.62. The lowest BCUT2D eigenvalue weighted by molar-refractivity contribution is 0.122. The Kier molecular flexibility index (Phi) is 4.10. The van der Waals surface area contributed by atoms with Crippen molar-refractivity contribution in [3.05, 3.63) is 36.2 Å². The molecule has 5 nitrogen and oxygen atoms in total. The highest BCUT2D eigenvalue weighted by Crippen LogP contribution is 2.21. The Labute approximate surface area is 125 Å². The second-order valence-electron chi connectivity index (χ2n) is 5.22.